The van der Waals surface area contributed by atoms with Crippen LogP contribution >= 0.6 is 11.3 Å². The van der Waals surface area contributed by atoms with Crippen molar-refractivity contribution in [3.05, 3.63) is 24.0 Å². The second-order valence-corrected chi connectivity index (χ2v) is 5.28. The van der Waals surface area contributed by atoms with Gasteiger partial charge in [0.2, 0.25) is 0 Å². The van der Waals surface area contributed by atoms with Gasteiger partial charge in [0.25, 0.3) is 0 Å². The third-order valence-corrected chi connectivity index (χ3v) is 3.98. The van der Waals surface area contributed by atoms with E-state index in [9.17, 15) is 4.39 Å². The van der Waals surface area contributed by atoms with Crippen LogP contribution in [0.25, 0.3) is 10.2 Å². The molecule has 1 saturated heterocycles. The van der Waals surface area contributed by atoms with Crippen molar-refractivity contribution in [3.63, 3.8) is 0 Å². The van der Waals surface area contributed by atoms with Crippen molar-refractivity contribution in [2.75, 3.05) is 11.9 Å². The highest BCUT2D eigenvalue weighted by atomic mass is 32.1. The molecular formula is C12H13FN2OS. The average molecular weight is 252 g/mol. The molecule has 1 aromatic carbocycles. The molecule has 2 aromatic rings. The maximum atomic E-state index is 13.1. The van der Waals surface area contributed by atoms with Crippen LogP contribution in [0, 0.1) is 5.82 Å². The maximum absolute atomic E-state index is 13.1. The lowest BCUT2D eigenvalue weighted by molar-refractivity contribution is 0.121. The molecule has 2 unspecified atom stereocenters. The molecule has 2 heterocycles. The summed E-state index contributed by atoms with van der Waals surface area (Å²) in [6, 6.07) is 4.97. The van der Waals surface area contributed by atoms with Gasteiger partial charge in [-0.3, -0.25) is 0 Å². The fraction of sp³-hybridized carbons (Fsp3) is 0.417. The van der Waals surface area contributed by atoms with Crippen molar-refractivity contribution < 1.29 is 9.13 Å². The Morgan fingerprint density at radius 3 is 3.18 bits per heavy atom. The molecule has 1 aromatic heterocycles. The van der Waals surface area contributed by atoms with Crippen LogP contribution in [0.15, 0.2) is 18.2 Å². The molecule has 3 rings (SSSR count). The van der Waals surface area contributed by atoms with Crippen molar-refractivity contribution in [1.82, 2.24) is 4.98 Å². The van der Waals surface area contributed by atoms with Crippen LogP contribution in [0.2, 0.25) is 0 Å². The minimum atomic E-state index is -0.217. The molecule has 5 heteroatoms. The fourth-order valence-corrected chi connectivity index (χ4v) is 2.99. The highest BCUT2D eigenvalue weighted by Crippen LogP contribution is 2.28. The molecule has 0 radical (unpaired) electrons. The molecule has 0 spiro atoms. The third kappa shape index (κ3) is 2.12. The van der Waals surface area contributed by atoms with E-state index in [1.807, 2.05) is 0 Å². The summed E-state index contributed by atoms with van der Waals surface area (Å²) in [5.41, 5.74) is 0.838. The Bertz CT molecular complexity index is 542. The first-order valence-corrected chi connectivity index (χ1v) is 6.48. The number of hydrogen-bond acceptors (Lipinski definition) is 4. The number of halogens is 1. The van der Waals surface area contributed by atoms with E-state index in [4.69, 9.17) is 4.74 Å². The number of nitrogens with one attached hydrogen (secondary N) is 1. The molecule has 0 saturated carbocycles. The number of thiazole rings is 1. The van der Waals surface area contributed by atoms with E-state index in [2.05, 4.69) is 17.2 Å². The first kappa shape index (κ1) is 10.9. The summed E-state index contributed by atoms with van der Waals surface area (Å²) < 4.78 is 19.4. The molecule has 17 heavy (non-hydrogen) atoms. The van der Waals surface area contributed by atoms with E-state index in [0.717, 1.165) is 28.4 Å². The van der Waals surface area contributed by atoms with Gasteiger partial charge < -0.3 is 10.1 Å². The maximum Gasteiger partial charge on any atom is 0.184 e. The van der Waals surface area contributed by atoms with Gasteiger partial charge in [0, 0.05) is 6.61 Å². The van der Waals surface area contributed by atoms with Gasteiger partial charge in [0.05, 0.1) is 22.4 Å². The monoisotopic (exact) mass is 252 g/mol. The van der Waals surface area contributed by atoms with Crippen LogP contribution < -0.4 is 5.32 Å². The van der Waals surface area contributed by atoms with E-state index in [1.165, 1.54) is 23.5 Å². The molecule has 1 fully saturated rings. The average Bonchev–Trinajstić information content (AvgIpc) is 2.85. The molecule has 3 nitrogen and oxygen atoms in total. The predicted molar refractivity (Wildman–Crippen MR) is 67.0 cm³/mol. The Kier molecular flexibility index (Phi) is 2.72. The van der Waals surface area contributed by atoms with Crippen LogP contribution in [0.1, 0.15) is 13.3 Å². The Morgan fingerprint density at radius 1 is 1.53 bits per heavy atom. The second-order valence-electron chi connectivity index (χ2n) is 4.25. The van der Waals surface area contributed by atoms with Gasteiger partial charge in [-0.25, -0.2) is 9.37 Å². The lowest BCUT2D eigenvalue weighted by atomic mass is 10.2. The lowest BCUT2D eigenvalue weighted by Gasteiger charge is -2.14. The number of ether oxygens (including phenoxy) is 1. The van der Waals surface area contributed by atoms with E-state index in [0.29, 0.717) is 6.04 Å². The zero-order valence-electron chi connectivity index (χ0n) is 9.44. The van der Waals surface area contributed by atoms with Gasteiger partial charge in [-0.2, -0.15) is 0 Å². The molecule has 1 aliphatic rings. The first-order chi connectivity index (χ1) is 8.22. The molecular weight excluding hydrogens is 239 g/mol. The summed E-state index contributed by atoms with van der Waals surface area (Å²) in [6.45, 7) is 2.84. The summed E-state index contributed by atoms with van der Waals surface area (Å²) in [4.78, 5) is 4.44. The standard InChI is InChI=1S/C12H13FN2OS/c1-7-9(4-5-16-7)14-12-15-10-3-2-8(13)6-11(10)17-12/h2-3,6-7,9H,4-5H2,1H3,(H,14,15). The molecule has 2 atom stereocenters. The number of aromatic nitrogens is 1. The third-order valence-electron chi connectivity index (χ3n) is 3.04. The molecule has 0 bridgehead atoms. The Hall–Kier alpha value is -1.20. The van der Waals surface area contributed by atoms with E-state index < -0.39 is 0 Å². The van der Waals surface area contributed by atoms with Crippen molar-refractivity contribution in [2.45, 2.75) is 25.5 Å². The Balaban J connectivity index is 1.85. The minimum absolute atomic E-state index is 0.207. The van der Waals surface area contributed by atoms with E-state index in [1.54, 1.807) is 6.07 Å². The Labute approximate surface area is 103 Å². The smallest absolute Gasteiger partial charge is 0.184 e. The van der Waals surface area contributed by atoms with Gasteiger partial charge >= 0.3 is 0 Å². The number of anilines is 1. The normalized spacial score (nSPS) is 24.4. The number of benzene rings is 1. The SMILES string of the molecule is CC1OCCC1Nc1nc2ccc(F)cc2s1. The van der Waals surface area contributed by atoms with E-state index >= 15 is 0 Å². The largest absolute Gasteiger partial charge is 0.376 e. The highest BCUT2D eigenvalue weighted by molar-refractivity contribution is 7.22. The molecule has 1 aliphatic heterocycles. The summed E-state index contributed by atoms with van der Waals surface area (Å²) in [6.07, 6.45) is 1.20. The van der Waals surface area contributed by atoms with Crippen molar-refractivity contribution >= 4 is 26.7 Å². The number of hydrogen-bond donors (Lipinski definition) is 1. The van der Waals surface area contributed by atoms with Gasteiger partial charge in [-0.15, -0.1) is 0 Å². The van der Waals surface area contributed by atoms with Crippen LogP contribution in [0.3, 0.4) is 0 Å². The first-order valence-electron chi connectivity index (χ1n) is 5.66. The van der Waals surface area contributed by atoms with Gasteiger partial charge in [0.15, 0.2) is 5.13 Å². The molecule has 0 aliphatic carbocycles. The molecule has 0 amide bonds. The zero-order valence-corrected chi connectivity index (χ0v) is 10.3. The van der Waals surface area contributed by atoms with Crippen LogP contribution in [0.5, 0.6) is 0 Å². The fourth-order valence-electron chi connectivity index (χ4n) is 2.04. The van der Waals surface area contributed by atoms with Crippen molar-refractivity contribution in [3.8, 4) is 0 Å². The molecule has 90 valence electrons. The molecule has 1 N–H and O–H groups in total. The summed E-state index contributed by atoms with van der Waals surface area (Å²) in [5.74, 6) is -0.217. The number of fused-ring (bicyclic) bond motifs is 1. The number of nitrogens with zero attached hydrogens (tertiary/aromatic N) is 1. The second kappa shape index (κ2) is 4.23. The highest BCUT2D eigenvalue weighted by Gasteiger charge is 2.24. The van der Waals surface area contributed by atoms with Gasteiger partial charge in [-0.1, -0.05) is 11.3 Å². The van der Waals surface area contributed by atoms with Crippen LogP contribution in [0.4, 0.5) is 9.52 Å². The van der Waals surface area contributed by atoms with Crippen molar-refractivity contribution in [2.24, 2.45) is 0 Å². The number of rotatable bonds is 2. The quantitative estimate of drug-likeness (QED) is 0.892. The topological polar surface area (TPSA) is 34.1 Å². The predicted octanol–water partition coefficient (Wildman–Crippen LogP) is 3.02. The lowest BCUT2D eigenvalue weighted by Crippen LogP contribution is -2.26. The summed E-state index contributed by atoms with van der Waals surface area (Å²) in [5, 5.41) is 4.20. The summed E-state index contributed by atoms with van der Waals surface area (Å²) >= 11 is 1.48. The van der Waals surface area contributed by atoms with Crippen LogP contribution in [-0.2, 0) is 4.74 Å². The van der Waals surface area contributed by atoms with Crippen LogP contribution in [-0.4, -0.2) is 23.7 Å². The van der Waals surface area contributed by atoms with Gasteiger partial charge in [-0.05, 0) is 31.5 Å². The van der Waals surface area contributed by atoms with Gasteiger partial charge in [0.1, 0.15) is 5.82 Å². The summed E-state index contributed by atoms with van der Waals surface area (Å²) in [7, 11) is 0. The van der Waals surface area contributed by atoms with E-state index in [-0.39, 0.29) is 11.9 Å². The Morgan fingerprint density at radius 2 is 2.41 bits per heavy atom. The minimum Gasteiger partial charge on any atom is -0.376 e. The van der Waals surface area contributed by atoms with Crippen molar-refractivity contribution in [1.29, 1.82) is 0 Å². The zero-order chi connectivity index (χ0) is 11.8.